The molecule has 5 heterocycles. The molecule has 1 fully saturated rings. The summed E-state index contributed by atoms with van der Waals surface area (Å²) in [5.41, 5.74) is 3.59. The number of hydrogen-bond donors (Lipinski definition) is 1. The van der Waals surface area contributed by atoms with Crippen LogP contribution >= 0.6 is 23.1 Å². The Hall–Kier alpha value is -3.48. The molecule has 0 amide bonds. The van der Waals surface area contributed by atoms with E-state index in [2.05, 4.69) is 30.5 Å². The van der Waals surface area contributed by atoms with Crippen molar-refractivity contribution in [1.29, 1.82) is 0 Å². The Morgan fingerprint density at radius 3 is 2.74 bits per heavy atom. The number of hydrogen-bond acceptors (Lipinski definition) is 10. The van der Waals surface area contributed by atoms with Crippen LogP contribution in [0.3, 0.4) is 0 Å². The van der Waals surface area contributed by atoms with Crippen LogP contribution in [0.25, 0.3) is 16.9 Å². The lowest BCUT2D eigenvalue weighted by molar-refractivity contribution is 0.238. The van der Waals surface area contributed by atoms with Crippen molar-refractivity contribution in [2.45, 2.75) is 30.6 Å². The number of benzene rings is 1. The molecule has 0 saturated carbocycles. The van der Waals surface area contributed by atoms with Gasteiger partial charge in [-0.3, -0.25) is 9.58 Å². The van der Waals surface area contributed by atoms with Gasteiger partial charge in [0.15, 0.2) is 9.99 Å². The SMILES string of the molecule is Cc1nnc(SCCn2cc(-c3cccc4nc(Nc5ccc(OCCN6CCCC6)cc5)nn34)cn2)s1. The topological polar surface area (TPSA) is 98.3 Å². The van der Waals surface area contributed by atoms with E-state index in [9.17, 15) is 0 Å². The molecule has 196 valence electrons. The number of pyridine rings is 1. The summed E-state index contributed by atoms with van der Waals surface area (Å²) < 4.78 is 10.7. The molecule has 4 aromatic heterocycles. The van der Waals surface area contributed by atoms with Crippen molar-refractivity contribution in [2.24, 2.45) is 0 Å². The Kier molecular flexibility index (Phi) is 7.52. The second-order valence-corrected chi connectivity index (χ2v) is 11.6. The molecule has 1 aliphatic heterocycles. The lowest BCUT2D eigenvalue weighted by Gasteiger charge is -2.15. The lowest BCUT2D eigenvalue weighted by atomic mass is 10.2. The van der Waals surface area contributed by atoms with Gasteiger partial charge in [-0.15, -0.1) is 15.3 Å². The molecule has 5 aromatic rings. The molecule has 1 aliphatic rings. The zero-order valence-corrected chi connectivity index (χ0v) is 22.8. The van der Waals surface area contributed by atoms with Crippen LogP contribution in [0.4, 0.5) is 11.6 Å². The number of fused-ring (bicyclic) bond motifs is 1. The second kappa shape index (κ2) is 11.5. The predicted octanol–water partition coefficient (Wildman–Crippen LogP) is 4.76. The normalized spacial score (nSPS) is 13.9. The highest BCUT2D eigenvalue weighted by atomic mass is 32.2. The smallest absolute Gasteiger partial charge is 0.247 e. The highest BCUT2D eigenvalue weighted by molar-refractivity contribution is 8.01. The van der Waals surface area contributed by atoms with Crippen LogP contribution in [-0.2, 0) is 6.54 Å². The Morgan fingerprint density at radius 1 is 1.05 bits per heavy atom. The molecular formula is C26H29N9OS2. The summed E-state index contributed by atoms with van der Waals surface area (Å²) >= 11 is 3.31. The fraction of sp³-hybridized carbons (Fsp3) is 0.346. The minimum atomic E-state index is 0.538. The molecule has 0 spiro atoms. The van der Waals surface area contributed by atoms with E-state index < -0.39 is 0 Å². The number of rotatable bonds is 11. The van der Waals surface area contributed by atoms with E-state index in [-0.39, 0.29) is 0 Å². The molecule has 6 rings (SSSR count). The first-order chi connectivity index (χ1) is 18.7. The lowest BCUT2D eigenvalue weighted by Crippen LogP contribution is -2.25. The van der Waals surface area contributed by atoms with Gasteiger partial charge in [-0.1, -0.05) is 29.2 Å². The Morgan fingerprint density at radius 2 is 1.92 bits per heavy atom. The monoisotopic (exact) mass is 547 g/mol. The van der Waals surface area contributed by atoms with Crippen LogP contribution in [0.2, 0.25) is 0 Å². The third-order valence-electron chi connectivity index (χ3n) is 6.33. The molecule has 0 bridgehead atoms. The maximum absolute atomic E-state index is 5.92. The third-order valence-corrected chi connectivity index (χ3v) is 8.28. The maximum Gasteiger partial charge on any atom is 0.247 e. The van der Waals surface area contributed by atoms with E-state index in [1.165, 1.54) is 25.9 Å². The van der Waals surface area contributed by atoms with Gasteiger partial charge in [0.05, 0.1) is 18.4 Å². The van der Waals surface area contributed by atoms with E-state index in [0.717, 1.165) is 56.5 Å². The molecule has 38 heavy (non-hydrogen) atoms. The van der Waals surface area contributed by atoms with Gasteiger partial charge in [0.1, 0.15) is 17.4 Å². The third kappa shape index (κ3) is 5.98. The molecule has 0 radical (unpaired) electrons. The number of likely N-dealkylation sites (tertiary alicyclic amines) is 1. The summed E-state index contributed by atoms with van der Waals surface area (Å²) in [4.78, 5) is 7.11. The van der Waals surface area contributed by atoms with Crippen molar-refractivity contribution in [3.05, 3.63) is 59.9 Å². The zero-order valence-electron chi connectivity index (χ0n) is 21.2. The minimum absolute atomic E-state index is 0.538. The van der Waals surface area contributed by atoms with Crippen molar-refractivity contribution < 1.29 is 4.74 Å². The van der Waals surface area contributed by atoms with Gasteiger partial charge >= 0.3 is 0 Å². The van der Waals surface area contributed by atoms with Gasteiger partial charge in [0, 0.05) is 29.7 Å². The summed E-state index contributed by atoms with van der Waals surface area (Å²) in [6, 6.07) is 13.9. The van der Waals surface area contributed by atoms with E-state index in [1.807, 2.05) is 71.0 Å². The van der Waals surface area contributed by atoms with Gasteiger partial charge in [0.25, 0.3) is 0 Å². The van der Waals surface area contributed by atoms with Crippen LogP contribution in [0, 0.1) is 6.92 Å². The van der Waals surface area contributed by atoms with Crippen molar-refractivity contribution >= 4 is 40.4 Å². The van der Waals surface area contributed by atoms with Gasteiger partial charge in [-0.05, 0) is 69.3 Å². The molecule has 0 unspecified atom stereocenters. The van der Waals surface area contributed by atoms with Crippen LogP contribution < -0.4 is 10.1 Å². The van der Waals surface area contributed by atoms with E-state index in [1.54, 1.807) is 23.1 Å². The maximum atomic E-state index is 5.92. The first kappa shape index (κ1) is 24.8. The molecule has 12 heteroatoms. The average molecular weight is 548 g/mol. The van der Waals surface area contributed by atoms with Crippen LogP contribution in [-0.4, -0.2) is 71.5 Å². The molecule has 1 aromatic carbocycles. The van der Waals surface area contributed by atoms with E-state index in [4.69, 9.17) is 9.84 Å². The molecule has 10 nitrogen and oxygen atoms in total. The summed E-state index contributed by atoms with van der Waals surface area (Å²) in [7, 11) is 0. The Balaban J connectivity index is 1.08. The average Bonchev–Trinajstić information content (AvgIpc) is 3.73. The van der Waals surface area contributed by atoms with Crippen molar-refractivity contribution in [3.63, 3.8) is 0 Å². The molecule has 1 saturated heterocycles. The van der Waals surface area contributed by atoms with E-state index in [0.29, 0.717) is 12.6 Å². The van der Waals surface area contributed by atoms with Crippen LogP contribution in [0.1, 0.15) is 17.8 Å². The van der Waals surface area contributed by atoms with Crippen LogP contribution in [0.5, 0.6) is 5.75 Å². The van der Waals surface area contributed by atoms with Crippen molar-refractivity contribution in [1.82, 2.24) is 39.5 Å². The summed E-state index contributed by atoms with van der Waals surface area (Å²) in [5, 5.41) is 21.8. The second-order valence-electron chi connectivity index (χ2n) is 9.09. The zero-order chi connectivity index (χ0) is 25.7. The van der Waals surface area contributed by atoms with Crippen molar-refractivity contribution in [2.75, 3.05) is 37.3 Å². The fourth-order valence-corrected chi connectivity index (χ4v) is 6.24. The fourth-order valence-electron chi connectivity index (χ4n) is 4.42. The Bertz CT molecular complexity index is 1490. The summed E-state index contributed by atoms with van der Waals surface area (Å²) in [6.07, 6.45) is 6.51. The number of anilines is 2. The highest BCUT2D eigenvalue weighted by Crippen LogP contribution is 2.24. The largest absolute Gasteiger partial charge is 0.492 e. The summed E-state index contributed by atoms with van der Waals surface area (Å²) in [6.45, 7) is 6.81. The van der Waals surface area contributed by atoms with Gasteiger partial charge < -0.3 is 10.1 Å². The number of thioether (sulfide) groups is 1. The number of nitrogens with zero attached hydrogens (tertiary/aromatic N) is 8. The molecular weight excluding hydrogens is 518 g/mol. The van der Waals surface area contributed by atoms with Gasteiger partial charge in [0.2, 0.25) is 5.95 Å². The number of nitrogens with one attached hydrogen (secondary N) is 1. The number of aryl methyl sites for hydroxylation is 2. The summed E-state index contributed by atoms with van der Waals surface area (Å²) in [5.74, 6) is 2.28. The first-order valence-corrected chi connectivity index (χ1v) is 14.5. The predicted molar refractivity (Wildman–Crippen MR) is 150 cm³/mol. The quantitative estimate of drug-likeness (QED) is 0.235. The van der Waals surface area contributed by atoms with E-state index >= 15 is 0 Å². The van der Waals surface area contributed by atoms with Crippen molar-refractivity contribution in [3.8, 4) is 17.0 Å². The number of ether oxygens (including phenoxy) is 1. The Labute approximate surface area is 229 Å². The van der Waals surface area contributed by atoms with Gasteiger partial charge in [-0.25, -0.2) is 4.52 Å². The van der Waals surface area contributed by atoms with Crippen LogP contribution in [0.15, 0.2) is 59.2 Å². The molecule has 1 N–H and O–H groups in total. The van der Waals surface area contributed by atoms with Gasteiger partial charge in [-0.2, -0.15) is 10.1 Å². The first-order valence-electron chi connectivity index (χ1n) is 12.7. The molecule has 0 atom stereocenters. The minimum Gasteiger partial charge on any atom is -0.492 e. The highest BCUT2D eigenvalue weighted by Gasteiger charge is 2.12. The number of aromatic nitrogens is 7. The standard InChI is InChI=1S/C26H29N9OS2/c1-19-30-31-26(38-19)37-16-14-34-18-20(17-27-34)23-5-4-6-24-29-25(32-35(23)24)28-21-7-9-22(10-8-21)36-15-13-33-11-2-3-12-33/h4-10,17-18H,2-3,11-16H2,1H3,(H,28,32). The molecule has 0 aliphatic carbocycles.